The summed E-state index contributed by atoms with van der Waals surface area (Å²) in [6.45, 7) is 6.99. The molecule has 2 fully saturated rings. The predicted octanol–water partition coefficient (Wildman–Crippen LogP) is 3.79. The highest BCUT2D eigenvalue weighted by molar-refractivity contribution is 5.95. The Hall–Kier alpha value is -2.64. The van der Waals surface area contributed by atoms with Crippen LogP contribution in [0.25, 0.3) is 11.1 Å². The van der Waals surface area contributed by atoms with Gasteiger partial charge in [0.15, 0.2) is 0 Å². The number of hydrogen-bond acceptors (Lipinski definition) is 6. The molecule has 4 rings (SSSR count). The van der Waals surface area contributed by atoms with E-state index in [-0.39, 0.29) is 5.82 Å². The molecule has 1 atom stereocenters. The number of rotatable bonds is 6. The van der Waals surface area contributed by atoms with E-state index in [1.807, 2.05) is 19.1 Å². The Balaban J connectivity index is 1.82. The molecule has 2 aromatic rings. The normalized spacial score (nSPS) is 19.5. The summed E-state index contributed by atoms with van der Waals surface area (Å²) in [7, 11) is 3.87. The molecule has 7 heteroatoms. The third-order valence-electron chi connectivity index (χ3n) is 6.29. The summed E-state index contributed by atoms with van der Waals surface area (Å²) in [5.41, 5.74) is 6.25. The summed E-state index contributed by atoms with van der Waals surface area (Å²) in [6, 6.07) is 8.00. The lowest BCUT2D eigenvalue weighted by Gasteiger charge is -2.33. The van der Waals surface area contributed by atoms with Crippen LogP contribution in [-0.4, -0.2) is 70.6 Å². The number of hydrogen-bond donors (Lipinski definition) is 3. The fraction of sp³-hybridized carbons (Fsp3) is 0.458. The summed E-state index contributed by atoms with van der Waals surface area (Å²) in [4.78, 5) is 4.66. The van der Waals surface area contributed by atoms with Crippen molar-refractivity contribution in [3.05, 3.63) is 41.2 Å². The molecule has 0 aromatic heterocycles. The van der Waals surface area contributed by atoms with Crippen LogP contribution in [0.3, 0.4) is 0 Å². The molecule has 2 aliphatic rings. The first-order valence-corrected chi connectivity index (χ1v) is 10.9. The molecule has 2 heterocycles. The lowest BCUT2D eigenvalue weighted by atomic mass is 9.95. The Kier molecular flexibility index (Phi) is 6.43. The van der Waals surface area contributed by atoms with Gasteiger partial charge in [-0.05, 0) is 67.9 Å². The second-order valence-corrected chi connectivity index (χ2v) is 8.49. The second kappa shape index (κ2) is 9.24. The molecule has 2 aliphatic heterocycles. The van der Waals surface area contributed by atoms with E-state index in [0.717, 1.165) is 66.2 Å². The van der Waals surface area contributed by atoms with Crippen molar-refractivity contribution < 1.29 is 9.13 Å². The van der Waals surface area contributed by atoms with Gasteiger partial charge in [-0.1, -0.05) is 0 Å². The molecule has 0 saturated carbocycles. The summed E-state index contributed by atoms with van der Waals surface area (Å²) in [5.74, 6) is -0.256. The summed E-state index contributed by atoms with van der Waals surface area (Å²) in [6.07, 6.45) is 2.51. The van der Waals surface area contributed by atoms with Gasteiger partial charge in [0.25, 0.3) is 0 Å². The Bertz CT molecular complexity index is 957. The van der Waals surface area contributed by atoms with Gasteiger partial charge in [-0.15, -0.1) is 0 Å². The van der Waals surface area contributed by atoms with Crippen molar-refractivity contribution in [1.29, 1.82) is 5.41 Å². The van der Waals surface area contributed by atoms with Crippen LogP contribution in [-0.2, 0) is 4.74 Å². The number of anilines is 3. The Morgan fingerprint density at radius 2 is 1.94 bits per heavy atom. The molecule has 2 saturated heterocycles. The fourth-order valence-electron chi connectivity index (χ4n) is 4.56. The van der Waals surface area contributed by atoms with Crippen LogP contribution in [0.15, 0.2) is 24.3 Å². The zero-order valence-corrected chi connectivity index (χ0v) is 18.6. The molecule has 0 bridgehead atoms. The number of likely N-dealkylation sites (tertiary alicyclic amines) is 1. The monoisotopic (exact) mass is 425 g/mol. The van der Waals surface area contributed by atoms with Crippen molar-refractivity contribution in [2.75, 3.05) is 69.0 Å². The lowest BCUT2D eigenvalue weighted by Crippen LogP contribution is -2.37. The Labute approximate surface area is 183 Å². The van der Waals surface area contributed by atoms with Gasteiger partial charge in [0.05, 0.1) is 30.3 Å². The highest BCUT2D eigenvalue weighted by Gasteiger charge is 2.24. The number of halogens is 1. The van der Waals surface area contributed by atoms with Gasteiger partial charge in [0.1, 0.15) is 5.82 Å². The summed E-state index contributed by atoms with van der Waals surface area (Å²) < 4.78 is 19.8. The highest BCUT2D eigenvalue weighted by atomic mass is 19.1. The van der Waals surface area contributed by atoms with Crippen molar-refractivity contribution in [1.82, 2.24) is 4.90 Å². The number of benzene rings is 2. The fourth-order valence-corrected chi connectivity index (χ4v) is 4.56. The van der Waals surface area contributed by atoms with Crippen LogP contribution in [0.4, 0.5) is 21.5 Å². The average molecular weight is 426 g/mol. The minimum Gasteiger partial charge on any atom is -0.386 e. The molecule has 31 heavy (non-hydrogen) atoms. The second-order valence-electron chi connectivity index (χ2n) is 8.49. The smallest absolute Gasteiger partial charge is 0.146 e. The molecular weight excluding hydrogens is 393 g/mol. The van der Waals surface area contributed by atoms with E-state index in [1.165, 1.54) is 6.21 Å². The molecule has 1 unspecified atom stereocenters. The first-order valence-electron chi connectivity index (χ1n) is 10.9. The maximum absolute atomic E-state index is 14.3. The number of likely N-dealkylation sites (N-methyl/N-ethyl adjacent to an activating group) is 1. The standard InChI is InChI=1S/C24H32FN5O/c1-16-10-21(25)22(27-2)13-20(16)17-11-18(14-26)24(28-19-4-5-29(3)15-19)23(12-17)30-6-8-31-9-7-30/h10-14,19,26-28H,4-9,15H2,1-3H3. The molecule has 0 aliphatic carbocycles. The van der Waals surface area contributed by atoms with Crippen molar-refractivity contribution in [3.63, 3.8) is 0 Å². The molecule has 3 N–H and O–H groups in total. The van der Waals surface area contributed by atoms with Crippen LogP contribution >= 0.6 is 0 Å². The van der Waals surface area contributed by atoms with E-state index in [0.29, 0.717) is 24.9 Å². The topological polar surface area (TPSA) is 63.6 Å². The summed E-state index contributed by atoms with van der Waals surface area (Å²) in [5, 5.41) is 14.8. The lowest BCUT2D eigenvalue weighted by molar-refractivity contribution is 0.123. The van der Waals surface area contributed by atoms with E-state index in [4.69, 9.17) is 10.1 Å². The minimum atomic E-state index is -0.256. The zero-order valence-electron chi connectivity index (χ0n) is 18.6. The first kappa shape index (κ1) is 21.6. The van der Waals surface area contributed by atoms with Gasteiger partial charge in [-0.2, -0.15) is 0 Å². The average Bonchev–Trinajstić information content (AvgIpc) is 3.19. The molecule has 0 spiro atoms. The van der Waals surface area contributed by atoms with Gasteiger partial charge in [-0.3, -0.25) is 0 Å². The number of ether oxygens (including phenoxy) is 1. The Morgan fingerprint density at radius 3 is 2.58 bits per heavy atom. The van der Waals surface area contributed by atoms with Crippen LogP contribution in [0.5, 0.6) is 0 Å². The van der Waals surface area contributed by atoms with Gasteiger partial charge < -0.3 is 30.6 Å². The van der Waals surface area contributed by atoms with E-state index in [1.54, 1.807) is 13.1 Å². The zero-order chi connectivity index (χ0) is 22.0. The van der Waals surface area contributed by atoms with Crippen molar-refractivity contribution in [2.45, 2.75) is 19.4 Å². The van der Waals surface area contributed by atoms with Crippen LogP contribution in [0.2, 0.25) is 0 Å². The molecule has 0 radical (unpaired) electrons. The number of nitrogens with zero attached hydrogens (tertiary/aromatic N) is 2. The molecule has 0 amide bonds. The Morgan fingerprint density at radius 1 is 1.16 bits per heavy atom. The minimum absolute atomic E-state index is 0.256. The number of nitrogens with one attached hydrogen (secondary N) is 3. The maximum atomic E-state index is 14.3. The quantitative estimate of drug-likeness (QED) is 0.615. The van der Waals surface area contributed by atoms with Gasteiger partial charge >= 0.3 is 0 Å². The maximum Gasteiger partial charge on any atom is 0.146 e. The third-order valence-corrected chi connectivity index (χ3v) is 6.29. The van der Waals surface area contributed by atoms with Gasteiger partial charge in [-0.25, -0.2) is 4.39 Å². The predicted molar refractivity (Wildman–Crippen MR) is 127 cm³/mol. The van der Waals surface area contributed by atoms with E-state index < -0.39 is 0 Å². The van der Waals surface area contributed by atoms with Crippen LogP contribution in [0, 0.1) is 18.2 Å². The van der Waals surface area contributed by atoms with E-state index >= 15 is 0 Å². The van der Waals surface area contributed by atoms with Crippen molar-refractivity contribution in [3.8, 4) is 11.1 Å². The van der Waals surface area contributed by atoms with Crippen LogP contribution in [0.1, 0.15) is 17.5 Å². The van der Waals surface area contributed by atoms with Crippen molar-refractivity contribution >= 4 is 23.3 Å². The largest absolute Gasteiger partial charge is 0.386 e. The van der Waals surface area contributed by atoms with Gasteiger partial charge in [0.2, 0.25) is 0 Å². The summed E-state index contributed by atoms with van der Waals surface area (Å²) >= 11 is 0. The highest BCUT2D eigenvalue weighted by Crippen LogP contribution is 2.38. The third kappa shape index (κ3) is 4.52. The molecule has 166 valence electrons. The SMILES string of the molecule is CNc1cc(-c2cc(C=N)c(NC3CCN(C)C3)c(N3CCOCC3)c2)c(C)cc1F. The molecular formula is C24H32FN5O. The van der Waals surface area contributed by atoms with Crippen LogP contribution < -0.4 is 15.5 Å². The van der Waals surface area contributed by atoms with Gasteiger partial charge in [0, 0.05) is 44.5 Å². The molecule has 6 nitrogen and oxygen atoms in total. The molecule has 2 aromatic carbocycles. The first-order chi connectivity index (χ1) is 15.0. The van der Waals surface area contributed by atoms with E-state index in [9.17, 15) is 4.39 Å². The van der Waals surface area contributed by atoms with Crippen molar-refractivity contribution in [2.24, 2.45) is 0 Å². The number of aryl methyl sites for hydroxylation is 1. The number of morpholine rings is 1. The van der Waals surface area contributed by atoms with E-state index in [2.05, 4.69) is 33.5 Å².